The first-order valence-corrected chi connectivity index (χ1v) is 8.03. The lowest BCUT2D eigenvalue weighted by atomic mass is 10.3. The van der Waals surface area contributed by atoms with Crippen LogP contribution in [0.2, 0.25) is 5.02 Å². The molecule has 9 heteroatoms. The zero-order valence-electron chi connectivity index (χ0n) is 14.0. The highest BCUT2D eigenvalue weighted by atomic mass is 35.5. The number of hydrogen-bond donors (Lipinski definition) is 0. The van der Waals surface area contributed by atoms with E-state index in [-0.39, 0.29) is 10.7 Å². The summed E-state index contributed by atoms with van der Waals surface area (Å²) in [5.41, 5.74) is 0.265. The minimum absolute atomic E-state index is 0.00382. The molecule has 0 radical (unpaired) electrons. The van der Waals surface area contributed by atoms with Gasteiger partial charge in [-0.3, -0.25) is 14.9 Å². The highest BCUT2D eigenvalue weighted by Crippen LogP contribution is 2.23. The summed E-state index contributed by atoms with van der Waals surface area (Å²) in [6.07, 6.45) is 1.47. The average Bonchev–Trinajstić information content (AvgIpc) is 3.02. The number of furan rings is 1. The summed E-state index contributed by atoms with van der Waals surface area (Å²) in [7, 11) is 1.77. The van der Waals surface area contributed by atoms with E-state index in [2.05, 4.69) is 5.10 Å². The molecule has 134 valence electrons. The van der Waals surface area contributed by atoms with Crippen molar-refractivity contribution in [3.63, 3.8) is 0 Å². The normalized spacial score (nSPS) is 10.7. The number of non-ortho nitro benzene ring substituents is 1. The smallest absolute Gasteiger partial charge is 0.292 e. The minimum atomic E-state index is -0.513. The molecule has 0 aliphatic carbocycles. The molecule has 0 aliphatic heterocycles. The number of nitro benzene ring substituents is 1. The molecular formula is C17H15ClN4O4. The van der Waals surface area contributed by atoms with Crippen LogP contribution in [0.15, 0.2) is 51.8 Å². The van der Waals surface area contributed by atoms with Gasteiger partial charge in [-0.25, -0.2) is 0 Å². The zero-order chi connectivity index (χ0) is 18.8. The quantitative estimate of drug-likeness (QED) is 0.502. The summed E-state index contributed by atoms with van der Waals surface area (Å²) in [6.45, 7) is 2.28. The van der Waals surface area contributed by atoms with Crippen molar-refractivity contribution in [1.29, 1.82) is 0 Å². The number of hydrogen-bond acceptors (Lipinski definition) is 6. The van der Waals surface area contributed by atoms with Gasteiger partial charge in [0.25, 0.3) is 11.2 Å². The summed E-state index contributed by atoms with van der Waals surface area (Å²) < 4.78 is 6.62. The van der Waals surface area contributed by atoms with E-state index in [1.165, 1.54) is 30.5 Å². The summed E-state index contributed by atoms with van der Waals surface area (Å²) in [4.78, 5) is 24.5. The fraction of sp³-hybridized carbons (Fsp3) is 0.176. The fourth-order valence-corrected chi connectivity index (χ4v) is 2.75. The van der Waals surface area contributed by atoms with Gasteiger partial charge >= 0.3 is 0 Å². The molecule has 0 aliphatic rings. The molecule has 0 amide bonds. The van der Waals surface area contributed by atoms with Crippen LogP contribution in [0.5, 0.6) is 0 Å². The van der Waals surface area contributed by atoms with Crippen LogP contribution in [0.25, 0.3) is 5.69 Å². The molecule has 3 aromatic rings. The Balaban J connectivity index is 1.90. The van der Waals surface area contributed by atoms with E-state index in [0.29, 0.717) is 17.9 Å². The van der Waals surface area contributed by atoms with Gasteiger partial charge in [-0.15, -0.1) is 0 Å². The second kappa shape index (κ2) is 7.01. The van der Waals surface area contributed by atoms with Crippen molar-refractivity contribution in [1.82, 2.24) is 9.78 Å². The maximum atomic E-state index is 12.6. The Morgan fingerprint density at radius 3 is 2.54 bits per heavy atom. The lowest BCUT2D eigenvalue weighted by molar-refractivity contribution is -0.384. The number of anilines is 1. The number of nitro groups is 1. The summed E-state index contributed by atoms with van der Waals surface area (Å²) in [6, 6.07) is 9.20. The van der Waals surface area contributed by atoms with Crippen molar-refractivity contribution in [2.75, 3.05) is 11.9 Å². The zero-order valence-corrected chi connectivity index (χ0v) is 14.8. The molecule has 0 saturated carbocycles. The van der Waals surface area contributed by atoms with Gasteiger partial charge in [-0.2, -0.15) is 9.78 Å². The van der Waals surface area contributed by atoms with Crippen LogP contribution in [0.4, 0.5) is 11.4 Å². The number of benzene rings is 1. The SMILES string of the molecule is Cc1ccc(CN(C)c2cnn(-c3ccc([N+](=O)[O-])cc3)c(=O)c2Cl)o1. The van der Waals surface area contributed by atoms with E-state index in [1.54, 1.807) is 11.9 Å². The second-order valence-electron chi connectivity index (χ2n) is 5.70. The Morgan fingerprint density at radius 1 is 1.27 bits per heavy atom. The van der Waals surface area contributed by atoms with E-state index in [1.807, 2.05) is 19.1 Å². The van der Waals surface area contributed by atoms with Crippen molar-refractivity contribution in [3.05, 3.63) is 79.6 Å². The van der Waals surface area contributed by atoms with Gasteiger partial charge in [0.05, 0.1) is 29.0 Å². The third-order valence-corrected chi connectivity index (χ3v) is 4.16. The van der Waals surface area contributed by atoms with Crippen molar-refractivity contribution in [2.24, 2.45) is 0 Å². The van der Waals surface area contributed by atoms with Gasteiger partial charge in [0, 0.05) is 19.2 Å². The predicted molar refractivity (Wildman–Crippen MR) is 97.1 cm³/mol. The Kier molecular flexibility index (Phi) is 4.77. The van der Waals surface area contributed by atoms with Gasteiger partial charge in [0.15, 0.2) is 0 Å². The minimum Gasteiger partial charge on any atom is -0.464 e. The van der Waals surface area contributed by atoms with Gasteiger partial charge in [0.2, 0.25) is 0 Å². The van der Waals surface area contributed by atoms with Crippen molar-refractivity contribution >= 4 is 23.0 Å². The average molecular weight is 375 g/mol. The predicted octanol–water partition coefficient (Wildman–Crippen LogP) is 3.33. The van der Waals surface area contributed by atoms with Crippen molar-refractivity contribution < 1.29 is 9.34 Å². The van der Waals surface area contributed by atoms with Crippen LogP contribution < -0.4 is 10.5 Å². The highest BCUT2D eigenvalue weighted by Gasteiger charge is 2.16. The van der Waals surface area contributed by atoms with E-state index in [9.17, 15) is 14.9 Å². The number of aryl methyl sites for hydroxylation is 1. The second-order valence-corrected chi connectivity index (χ2v) is 6.08. The van der Waals surface area contributed by atoms with Crippen LogP contribution in [0.1, 0.15) is 11.5 Å². The standard InChI is InChI=1S/C17H15ClN4O4/c1-11-3-8-14(26-11)10-20(2)15-9-19-21(17(23)16(15)18)12-4-6-13(7-5-12)22(24)25/h3-9H,10H2,1-2H3. The van der Waals surface area contributed by atoms with Crippen LogP contribution in [-0.4, -0.2) is 21.8 Å². The van der Waals surface area contributed by atoms with Gasteiger partial charge in [0.1, 0.15) is 16.5 Å². The van der Waals surface area contributed by atoms with Crippen LogP contribution in [0, 0.1) is 17.0 Å². The lowest BCUT2D eigenvalue weighted by Gasteiger charge is -2.19. The van der Waals surface area contributed by atoms with Crippen molar-refractivity contribution in [3.8, 4) is 5.69 Å². The number of nitrogens with zero attached hydrogens (tertiary/aromatic N) is 4. The number of rotatable bonds is 5. The number of aromatic nitrogens is 2. The molecule has 0 bridgehead atoms. The van der Waals surface area contributed by atoms with Crippen LogP contribution in [-0.2, 0) is 6.54 Å². The third-order valence-electron chi connectivity index (χ3n) is 3.81. The maximum Gasteiger partial charge on any atom is 0.292 e. The van der Waals surface area contributed by atoms with E-state index in [4.69, 9.17) is 16.0 Å². The molecule has 0 unspecified atom stereocenters. The highest BCUT2D eigenvalue weighted by molar-refractivity contribution is 6.33. The maximum absolute atomic E-state index is 12.6. The number of halogens is 1. The Bertz CT molecular complexity index is 1010. The van der Waals surface area contributed by atoms with Crippen LogP contribution in [0.3, 0.4) is 0 Å². The lowest BCUT2D eigenvalue weighted by Crippen LogP contribution is -2.26. The molecular weight excluding hydrogens is 360 g/mol. The van der Waals surface area contributed by atoms with Crippen molar-refractivity contribution in [2.45, 2.75) is 13.5 Å². The topological polar surface area (TPSA) is 94.4 Å². The Hall–Kier alpha value is -3.13. The first-order chi connectivity index (χ1) is 12.4. The molecule has 3 rings (SSSR count). The molecule has 1 aromatic carbocycles. The molecule has 0 spiro atoms. The third kappa shape index (κ3) is 3.45. The van der Waals surface area contributed by atoms with E-state index in [0.717, 1.165) is 16.2 Å². The fourth-order valence-electron chi connectivity index (χ4n) is 2.48. The van der Waals surface area contributed by atoms with Crippen LogP contribution >= 0.6 is 11.6 Å². The molecule has 0 N–H and O–H groups in total. The summed E-state index contributed by atoms with van der Waals surface area (Å²) in [5.74, 6) is 1.53. The molecule has 26 heavy (non-hydrogen) atoms. The Labute approximate surface area is 153 Å². The van der Waals surface area contributed by atoms with E-state index >= 15 is 0 Å². The summed E-state index contributed by atoms with van der Waals surface area (Å²) >= 11 is 6.24. The monoisotopic (exact) mass is 374 g/mol. The molecule has 0 fully saturated rings. The summed E-state index contributed by atoms with van der Waals surface area (Å²) in [5, 5.41) is 14.9. The molecule has 0 saturated heterocycles. The largest absolute Gasteiger partial charge is 0.464 e. The first kappa shape index (κ1) is 17.7. The molecule has 2 heterocycles. The van der Waals surface area contributed by atoms with E-state index < -0.39 is 10.5 Å². The molecule has 0 atom stereocenters. The molecule has 8 nitrogen and oxygen atoms in total. The van der Waals surface area contributed by atoms with Gasteiger partial charge < -0.3 is 9.32 Å². The van der Waals surface area contributed by atoms with Gasteiger partial charge in [-0.1, -0.05) is 11.6 Å². The Morgan fingerprint density at radius 2 is 1.96 bits per heavy atom. The van der Waals surface area contributed by atoms with Gasteiger partial charge in [-0.05, 0) is 31.2 Å². The molecule has 2 aromatic heterocycles. The first-order valence-electron chi connectivity index (χ1n) is 7.66.